The van der Waals surface area contributed by atoms with Gasteiger partial charge in [0, 0.05) is 13.1 Å². The molecule has 0 heterocycles. The van der Waals surface area contributed by atoms with Crippen LogP contribution in [0.3, 0.4) is 0 Å². The van der Waals surface area contributed by atoms with Gasteiger partial charge in [0.25, 0.3) is 10.0 Å². The molecule has 0 spiro atoms. The van der Waals surface area contributed by atoms with Crippen LogP contribution >= 0.6 is 0 Å². The third kappa shape index (κ3) is 8.58. The van der Waals surface area contributed by atoms with Gasteiger partial charge < -0.3 is 10.2 Å². The SMILES string of the molecule is CCCCNC(=O)[C@H](CC)N(CCc1ccccc1)C(=O)CN(c1cccc(C(F)(F)F)c1)S(=O)(=O)c1ccccc1. The number of nitrogens with zero attached hydrogens (tertiary/aromatic N) is 2. The average molecular weight is 604 g/mol. The second kappa shape index (κ2) is 14.9. The highest BCUT2D eigenvalue weighted by molar-refractivity contribution is 7.92. The first-order valence-corrected chi connectivity index (χ1v) is 15.3. The molecule has 0 aliphatic rings. The number of unbranched alkanes of at least 4 members (excludes halogenated alkanes) is 1. The van der Waals surface area contributed by atoms with E-state index in [1.807, 2.05) is 37.3 Å². The molecule has 226 valence electrons. The molecule has 0 aromatic heterocycles. The van der Waals surface area contributed by atoms with Gasteiger partial charge >= 0.3 is 6.18 Å². The van der Waals surface area contributed by atoms with Crippen molar-refractivity contribution in [3.8, 4) is 0 Å². The second-order valence-electron chi connectivity index (χ2n) is 9.76. The normalized spacial score (nSPS) is 12.4. The van der Waals surface area contributed by atoms with Crippen LogP contribution in [0.4, 0.5) is 18.9 Å². The van der Waals surface area contributed by atoms with E-state index < -0.39 is 40.3 Å². The topological polar surface area (TPSA) is 86.8 Å². The fourth-order valence-electron chi connectivity index (χ4n) is 4.49. The summed E-state index contributed by atoms with van der Waals surface area (Å²) >= 11 is 0. The maximum absolute atomic E-state index is 14.0. The van der Waals surface area contributed by atoms with Crippen LogP contribution in [0.15, 0.2) is 89.8 Å². The van der Waals surface area contributed by atoms with Gasteiger partial charge in [0.2, 0.25) is 11.8 Å². The van der Waals surface area contributed by atoms with Crippen molar-refractivity contribution >= 4 is 27.5 Å². The largest absolute Gasteiger partial charge is 0.416 e. The van der Waals surface area contributed by atoms with Gasteiger partial charge in [0.1, 0.15) is 12.6 Å². The number of alkyl halides is 3. The first-order valence-electron chi connectivity index (χ1n) is 13.8. The minimum atomic E-state index is -4.73. The number of hydrogen-bond acceptors (Lipinski definition) is 4. The molecule has 42 heavy (non-hydrogen) atoms. The number of amides is 2. The fourth-order valence-corrected chi connectivity index (χ4v) is 5.91. The average Bonchev–Trinajstić information content (AvgIpc) is 2.98. The summed E-state index contributed by atoms with van der Waals surface area (Å²) in [5.41, 5.74) is -0.461. The molecule has 1 N–H and O–H groups in total. The standard InChI is InChI=1S/C31H36F3N3O4S/c1-3-5-20-35-30(39)28(4-2)36(21-19-24-13-8-6-9-14-24)29(38)23-37(42(40,41)27-17-10-7-11-18-27)26-16-12-15-25(22-26)31(32,33)34/h6-18,22,28H,3-5,19-21,23H2,1-2H3,(H,35,39)/t28-/m0/s1. The van der Waals surface area contributed by atoms with Gasteiger partial charge in [0.05, 0.1) is 16.1 Å². The summed E-state index contributed by atoms with van der Waals surface area (Å²) in [6.45, 7) is 3.45. The Hall–Kier alpha value is -3.86. The Balaban J connectivity index is 2.03. The highest BCUT2D eigenvalue weighted by atomic mass is 32.2. The predicted octanol–water partition coefficient (Wildman–Crippen LogP) is 5.67. The van der Waals surface area contributed by atoms with Gasteiger partial charge in [0.15, 0.2) is 0 Å². The Kier molecular flexibility index (Phi) is 11.6. The first kappa shape index (κ1) is 32.7. The van der Waals surface area contributed by atoms with Crippen molar-refractivity contribution in [1.82, 2.24) is 10.2 Å². The number of carbonyl (C=O) groups is 2. The molecule has 0 aliphatic heterocycles. The number of halogens is 3. The van der Waals surface area contributed by atoms with E-state index in [1.54, 1.807) is 13.0 Å². The number of anilines is 1. The van der Waals surface area contributed by atoms with Crippen LogP contribution in [0.5, 0.6) is 0 Å². The molecule has 0 saturated heterocycles. The van der Waals surface area contributed by atoms with E-state index in [4.69, 9.17) is 0 Å². The number of rotatable bonds is 14. The van der Waals surface area contributed by atoms with Crippen molar-refractivity contribution in [2.75, 3.05) is 23.9 Å². The van der Waals surface area contributed by atoms with E-state index in [-0.39, 0.29) is 29.5 Å². The number of benzene rings is 3. The molecule has 3 aromatic rings. The predicted molar refractivity (Wildman–Crippen MR) is 156 cm³/mol. The molecule has 0 aliphatic carbocycles. The maximum Gasteiger partial charge on any atom is 0.416 e. The van der Waals surface area contributed by atoms with Crippen LogP contribution in [-0.4, -0.2) is 50.8 Å². The molecule has 11 heteroatoms. The van der Waals surface area contributed by atoms with Gasteiger partial charge in [-0.15, -0.1) is 0 Å². The van der Waals surface area contributed by atoms with Crippen molar-refractivity contribution < 1.29 is 31.2 Å². The zero-order chi connectivity index (χ0) is 30.8. The lowest BCUT2D eigenvalue weighted by molar-refractivity contribution is -0.139. The molecule has 3 rings (SSSR count). The number of hydrogen-bond donors (Lipinski definition) is 1. The highest BCUT2D eigenvalue weighted by Gasteiger charge is 2.35. The summed E-state index contributed by atoms with van der Waals surface area (Å²) in [5, 5.41) is 2.84. The molecular formula is C31H36F3N3O4S. The minimum absolute atomic E-state index is 0.102. The van der Waals surface area contributed by atoms with Crippen LogP contribution in [0.2, 0.25) is 0 Å². The monoisotopic (exact) mass is 603 g/mol. The maximum atomic E-state index is 14.0. The zero-order valence-electron chi connectivity index (χ0n) is 23.7. The van der Waals surface area contributed by atoms with E-state index in [0.717, 1.165) is 30.5 Å². The van der Waals surface area contributed by atoms with E-state index in [9.17, 15) is 31.2 Å². The Morgan fingerprint density at radius 2 is 1.55 bits per heavy atom. The van der Waals surface area contributed by atoms with E-state index >= 15 is 0 Å². The summed E-state index contributed by atoms with van der Waals surface area (Å²) in [5.74, 6) is -1.08. The summed E-state index contributed by atoms with van der Waals surface area (Å²) in [6, 6.07) is 19.4. The number of sulfonamides is 1. The molecule has 0 fully saturated rings. The minimum Gasteiger partial charge on any atom is -0.354 e. The highest BCUT2D eigenvalue weighted by Crippen LogP contribution is 2.33. The van der Waals surface area contributed by atoms with E-state index in [0.29, 0.717) is 23.3 Å². The van der Waals surface area contributed by atoms with Crippen molar-refractivity contribution in [3.05, 3.63) is 96.1 Å². The molecule has 7 nitrogen and oxygen atoms in total. The Morgan fingerprint density at radius 1 is 0.905 bits per heavy atom. The smallest absolute Gasteiger partial charge is 0.354 e. The van der Waals surface area contributed by atoms with E-state index in [2.05, 4.69) is 5.32 Å². The molecule has 0 saturated carbocycles. The van der Waals surface area contributed by atoms with Crippen molar-refractivity contribution in [1.29, 1.82) is 0 Å². The van der Waals surface area contributed by atoms with Crippen LogP contribution in [0, 0.1) is 0 Å². The summed E-state index contributed by atoms with van der Waals surface area (Å²) < 4.78 is 69.0. The van der Waals surface area contributed by atoms with Crippen LogP contribution < -0.4 is 9.62 Å². The van der Waals surface area contributed by atoms with Crippen molar-refractivity contribution in [2.45, 2.75) is 56.6 Å². The lowest BCUT2D eigenvalue weighted by Crippen LogP contribution is -2.53. The van der Waals surface area contributed by atoms with Gasteiger partial charge in [-0.25, -0.2) is 8.42 Å². The number of carbonyl (C=O) groups excluding carboxylic acids is 2. The zero-order valence-corrected chi connectivity index (χ0v) is 24.5. The van der Waals surface area contributed by atoms with Crippen LogP contribution in [-0.2, 0) is 32.2 Å². The lowest BCUT2D eigenvalue weighted by Gasteiger charge is -2.33. The van der Waals surface area contributed by atoms with Gasteiger partial charge in [-0.2, -0.15) is 13.2 Å². The van der Waals surface area contributed by atoms with Crippen LogP contribution in [0.25, 0.3) is 0 Å². The molecule has 2 amide bonds. The quantitative estimate of drug-likeness (QED) is 0.241. The molecule has 3 aromatic carbocycles. The Bertz CT molecular complexity index is 1420. The molecule has 0 bridgehead atoms. The van der Waals surface area contributed by atoms with Crippen LogP contribution in [0.1, 0.15) is 44.2 Å². The third-order valence-corrected chi connectivity index (χ3v) is 8.56. The van der Waals surface area contributed by atoms with Gasteiger partial charge in [-0.05, 0) is 55.2 Å². The van der Waals surface area contributed by atoms with Gasteiger partial charge in [-0.3, -0.25) is 13.9 Å². The summed E-state index contributed by atoms with van der Waals surface area (Å²) in [7, 11) is -4.46. The van der Waals surface area contributed by atoms with E-state index in [1.165, 1.54) is 35.2 Å². The summed E-state index contributed by atoms with van der Waals surface area (Å²) in [6.07, 6.45) is -2.47. The fraction of sp³-hybridized carbons (Fsp3) is 0.355. The Morgan fingerprint density at radius 3 is 2.14 bits per heavy atom. The summed E-state index contributed by atoms with van der Waals surface area (Å²) in [4.78, 5) is 28.3. The second-order valence-corrected chi connectivity index (χ2v) is 11.6. The van der Waals surface area contributed by atoms with Gasteiger partial charge in [-0.1, -0.05) is 74.9 Å². The molecule has 0 radical (unpaired) electrons. The molecule has 0 unspecified atom stereocenters. The number of nitrogens with one attached hydrogen (secondary N) is 1. The van der Waals surface area contributed by atoms with Crippen molar-refractivity contribution in [3.63, 3.8) is 0 Å². The third-order valence-electron chi connectivity index (χ3n) is 6.77. The van der Waals surface area contributed by atoms with Crippen molar-refractivity contribution in [2.24, 2.45) is 0 Å². The first-order chi connectivity index (χ1) is 20.0. The lowest BCUT2D eigenvalue weighted by atomic mass is 10.1. The Labute approximate surface area is 245 Å². The molecule has 1 atom stereocenters. The molecular weight excluding hydrogens is 567 g/mol.